The van der Waals surface area contributed by atoms with Gasteiger partial charge in [0.05, 0.1) is 0 Å². The van der Waals surface area contributed by atoms with Gasteiger partial charge in [0.25, 0.3) is 0 Å². The fourth-order valence-corrected chi connectivity index (χ4v) is 3.34. The predicted octanol–water partition coefficient (Wildman–Crippen LogP) is 4.63. The molecule has 2 nitrogen and oxygen atoms in total. The van der Waals surface area contributed by atoms with Crippen LogP contribution in [0.5, 0.6) is 5.75 Å². The summed E-state index contributed by atoms with van der Waals surface area (Å²) in [6.45, 7) is 0. The van der Waals surface area contributed by atoms with Crippen molar-refractivity contribution < 1.29 is 4.74 Å². The Hall–Kier alpha value is -1.03. The molecular weight excluding hydrogens is 326 g/mol. The summed E-state index contributed by atoms with van der Waals surface area (Å²) in [6, 6.07) is 13.7. The van der Waals surface area contributed by atoms with Crippen molar-refractivity contribution in [3.05, 3.63) is 63.1 Å². The number of ether oxygens (including phenoxy) is 1. The minimum atomic E-state index is -0.0449. The Labute approximate surface area is 125 Å². The van der Waals surface area contributed by atoms with E-state index in [1.807, 2.05) is 42.5 Å². The van der Waals surface area contributed by atoms with Gasteiger partial charge in [0.15, 0.2) is 0 Å². The largest absolute Gasteiger partial charge is 0.485 e. The van der Waals surface area contributed by atoms with Crippen molar-refractivity contribution in [3.63, 3.8) is 0 Å². The minimum absolute atomic E-state index is 0.00229. The fourth-order valence-electron chi connectivity index (χ4n) is 2.41. The normalized spacial score (nSPS) is 21.6. The van der Waals surface area contributed by atoms with Crippen molar-refractivity contribution in [1.82, 2.24) is 0 Å². The first-order valence-electron chi connectivity index (χ1n) is 6.11. The zero-order valence-corrected chi connectivity index (χ0v) is 12.5. The number of hydrogen-bond acceptors (Lipinski definition) is 2. The summed E-state index contributed by atoms with van der Waals surface area (Å²) in [5.74, 6) is 0.869. The van der Waals surface area contributed by atoms with E-state index in [0.717, 1.165) is 27.8 Å². The van der Waals surface area contributed by atoms with Gasteiger partial charge in [-0.1, -0.05) is 51.8 Å². The molecule has 0 radical (unpaired) electrons. The monoisotopic (exact) mass is 337 g/mol. The molecule has 0 saturated heterocycles. The summed E-state index contributed by atoms with van der Waals surface area (Å²) in [5.41, 5.74) is 8.38. The van der Waals surface area contributed by atoms with E-state index in [1.54, 1.807) is 0 Å². The molecule has 4 heteroatoms. The number of para-hydroxylation sites is 1. The van der Waals surface area contributed by atoms with Crippen LogP contribution in [0.4, 0.5) is 0 Å². The third-order valence-corrected chi connectivity index (χ3v) is 4.29. The zero-order valence-electron chi connectivity index (χ0n) is 10.1. The maximum absolute atomic E-state index is 6.23. The third-order valence-electron chi connectivity index (χ3n) is 3.37. The molecular formula is C15H13BrClNO. The molecule has 2 aromatic carbocycles. The molecule has 0 fully saturated rings. The average molecular weight is 339 g/mol. The van der Waals surface area contributed by atoms with Crippen LogP contribution in [-0.2, 0) is 0 Å². The third kappa shape index (κ3) is 2.50. The van der Waals surface area contributed by atoms with Crippen molar-refractivity contribution in [2.45, 2.75) is 18.6 Å². The van der Waals surface area contributed by atoms with Crippen LogP contribution in [0.15, 0.2) is 46.9 Å². The summed E-state index contributed by atoms with van der Waals surface area (Å²) in [7, 11) is 0. The van der Waals surface area contributed by atoms with Gasteiger partial charge in [-0.05, 0) is 18.2 Å². The van der Waals surface area contributed by atoms with Gasteiger partial charge in [0, 0.05) is 33.1 Å². The molecule has 3 rings (SSSR count). The summed E-state index contributed by atoms with van der Waals surface area (Å²) < 4.78 is 7.01. The highest BCUT2D eigenvalue weighted by Crippen LogP contribution is 2.41. The van der Waals surface area contributed by atoms with Crippen LogP contribution >= 0.6 is 27.5 Å². The van der Waals surface area contributed by atoms with E-state index in [2.05, 4.69) is 15.9 Å². The second kappa shape index (κ2) is 5.16. The number of benzene rings is 2. The SMILES string of the molecule is N[C@H]1CC(c2ccc(Cl)cc2Br)Oc2ccccc21. The lowest BCUT2D eigenvalue weighted by Crippen LogP contribution is -2.24. The van der Waals surface area contributed by atoms with E-state index < -0.39 is 0 Å². The lowest BCUT2D eigenvalue weighted by Gasteiger charge is -2.31. The first-order chi connectivity index (χ1) is 9.15. The number of nitrogens with two attached hydrogens (primary N) is 1. The maximum atomic E-state index is 6.23. The molecule has 0 saturated carbocycles. The topological polar surface area (TPSA) is 35.2 Å². The Morgan fingerprint density at radius 1 is 1.16 bits per heavy atom. The van der Waals surface area contributed by atoms with E-state index in [4.69, 9.17) is 22.1 Å². The van der Waals surface area contributed by atoms with Crippen LogP contribution in [-0.4, -0.2) is 0 Å². The second-order valence-electron chi connectivity index (χ2n) is 4.65. The van der Waals surface area contributed by atoms with Crippen molar-refractivity contribution in [3.8, 4) is 5.75 Å². The molecule has 0 spiro atoms. The molecule has 1 aliphatic rings. The molecule has 19 heavy (non-hydrogen) atoms. The van der Waals surface area contributed by atoms with Gasteiger partial charge in [0.1, 0.15) is 11.9 Å². The van der Waals surface area contributed by atoms with Crippen LogP contribution in [0.2, 0.25) is 5.02 Å². The van der Waals surface area contributed by atoms with Crippen molar-refractivity contribution in [2.75, 3.05) is 0 Å². The van der Waals surface area contributed by atoms with Crippen molar-refractivity contribution >= 4 is 27.5 Å². The Balaban J connectivity index is 1.97. The predicted molar refractivity (Wildman–Crippen MR) is 80.5 cm³/mol. The molecule has 0 bridgehead atoms. The maximum Gasteiger partial charge on any atom is 0.127 e. The molecule has 0 amide bonds. The van der Waals surface area contributed by atoms with Gasteiger partial charge >= 0.3 is 0 Å². The van der Waals surface area contributed by atoms with Gasteiger partial charge < -0.3 is 10.5 Å². The molecule has 0 aliphatic carbocycles. The van der Waals surface area contributed by atoms with Crippen LogP contribution in [0.1, 0.15) is 29.7 Å². The van der Waals surface area contributed by atoms with E-state index >= 15 is 0 Å². The highest BCUT2D eigenvalue weighted by molar-refractivity contribution is 9.10. The van der Waals surface area contributed by atoms with E-state index in [1.165, 1.54) is 0 Å². The standard InChI is InChI=1S/C15H13BrClNO/c16-12-7-9(17)5-6-10(12)15-8-13(18)11-3-1-2-4-14(11)19-15/h1-7,13,15H,8,18H2/t13-,15?/m0/s1. The quantitative estimate of drug-likeness (QED) is 0.823. The number of hydrogen-bond donors (Lipinski definition) is 1. The molecule has 1 aliphatic heterocycles. The smallest absolute Gasteiger partial charge is 0.127 e. The molecule has 0 aromatic heterocycles. The Morgan fingerprint density at radius 2 is 1.95 bits per heavy atom. The second-order valence-corrected chi connectivity index (χ2v) is 5.94. The Bertz CT molecular complexity index is 617. The van der Waals surface area contributed by atoms with E-state index in [0.29, 0.717) is 5.02 Å². The molecule has 2 aromatic rings. The first kappa shape index (κ1) is 13.0. The fraction of sp³-hybridized carbons (Fsp3) is 0.200. The van der Waals surface area contributed by atoms with Gasteiger partial charge in [0.2, 0.25) is 0 Å². The van der Waals surface area contributed by atoms with Gasteiger partial charge in [-0.15, -0.1) is 0 Å². The lowest BCUT2D eigenvalue weighted by atomic mass is 9.94. The molecule has 1 unspecified atom stereocenters. The van der Waals surface area contributed by atoms with E-state index in [-0.39, 0.29) is 12.1 Å². The highest BCUT2D eigenvalue weighted by Gasteiger charge is 2.27. The lowest BCUT2D eigenvalue weighted by molar-refractivity contribution is 0.161. The summed E-state index contributed by atoms with van der Waals surface area (Å²) in [5, 5.41) is 0.705. The van der Waals surface area contributed by atoms with Gasteiger partial charge in [-0.25, -0.2) is 0 Å². The first-order valence-corrected chi connectivity index (χ1v) is 7.28. The zero-order chi connectivity index (χ0) is 13.4. The van der Waals surface area contributed by atoms with Crippen LogP contribution < -0.4 is 10.5 Å². The van der Waals surface area contributed by atoms with Gasteiger partial charge in [-0.2, -0.15) is 0 Å². The van der Waals surface area contributed by atoms with Crippen LogP contribution in [0.25, 0.3) is 0 Å². The highest BCUT2D eigenvalue weighted by atomic mass is 79.9. The number of halogens is 2. The number of rotatable bonds is 1. The minimum Gasteiger partial charge on any atom is -0.485 e. The molecule has 98 valence electrons. The summed E-state index contributed by atoms with van der Waals surface area (Å²) in [4.78, 5) is 0. The summed E-state index contributed by atoms with van der Waals surface area (Å²) >= 11 is 9.51. The average Bonchev–Trinajstić information content (AvgIpc) is 2.38. The van der Waals surface area contributed by atoms with Crippen LogP contribution in [0, 0.1) is 0 Å². The Kier molecular flexibility index (Phi) is 3.52. The summed E-state index contributed by atoms with van der Waals surface area (Å²) in [6.07, 6.45) is 0.716. The molecule has 2 N–H and O–H groups in total. The Morgan fingerprint density at radius 3 is 2.74 bits per heavy atom. The molecule has 2 atom stereocenters. The van der Waals surface area contributed by atoms with Crippen LogP contribution in [0.3, 0.4) is 0 Å². The molecule has 1 heterocycles. The number of fused-ring (bicyclic) bond motifs is 1. The van der Waals surface area contributed by atoms with Crippen molar-refractivity contribution in [1.29, 1.82) is 0 Å². The van der Waals surface area contributed by atoms with Gasteiger partial charge in [-0.3, -0.25) is 0 Å². The van der Waals surface area contributed by atoms with Crippen molar-refractivity contribution in [2.24, 2.45) is 5.73 Å². The van der Waals surface area contributed by atoms with E-state index in [9.17, 15) is 0 Å².